The monoisotopic (exact) mass is 1540 g/mol. The maximum atomic E-state index is 13.7. The molecule has 0 fully saturated rings. The van der Waals surface area contributed by atoms with Crippen molar-refractivity contribution in [3.05, 3.63) is 151 Å². The number of aliphatic hydroxyl groups excluding tert-OH is 1. The van der Waals surface area contributed by atoms with E-state index in [1.54, 1.807) is 7.11 Å². The zero-order valence-corrected chi connectivity index (χ0v) is 73.8. The van der Waals surface area contributed by atoms with Gasteiger partial charge in [-0.1, -0.05) is 395 Å². The van der Waals surface area contributed by atoms with Crippen molar-refractivity contribution >= 4 is 49.2 Å². The Bertz CT molecular complexity index is 2910. The first-order valence-corrected chi connectivity index (χ1v) is 48.0. The van der Waals surface area contributed by atoms with E-state index in [-0.39, 0.29) is 46.2 Å². The van der Waals surface area contributed by atoms with E-state index >= 15 is 0 Å². The molecule has 4 atom stereocenters. The molecule has 3 N–H and O–H groups in total. The summed E-state index contributed by atoms with van der Waals surface area (Å²) in [6, 6.07) is 51.1. The first-order valence-electron chi connectivity index (χ1n) is 44.1. The highest BCUT2D eigenvalue weighted by molar-refractivity contribution is 7.00. The number of carbonyl (C=O) groups is 2. The standard InChI is InChI=1S/C52H84N2O4Si.C44H76N2O3Si/c1-8-10-12-14-15-16-17-18-19-21-29-35-51(55)53-46(44-58-59(52(3,4)5,49-31-25-22-26-32-49)50-33-27-23-28-34-50)42-54(6)41-40-48(30-24-20-13-11-9-2)57-43-45-36-38-47(56-7)39-37-45;1-7-9-11-13-14-15-16-17-18-20-28-34-43(48)45-39(37-46(6)36-35-40(47)29-23-19-12-10-8-2)38-49-50(44(3,4)5,41-30-24-21-25-31-41)42-32-26-22-27-33-42/h22-23,25-28,31-34,36-39,46,48H,8-21,24,29-30,35,40-44H2,1-7H3,(H,53,55);21-22,24-27,30-33,39-40,47H,7-20,23,28-29,34-38H2,1-6H3,(H,45,48)/t46-,48-;39-,40-/m11/s1. The van der Waals surface area contributed by atoms with Crippen LogP contribution in [-0.4, -0.2) is 128 Å². The smallest absolute Gasteiger partial charge is 0.261 e. The Morgan fingerprint density at radius 3 is 1.02 bits per heavy atom. The van der Waals surface area contributed by atoms with Crippen LogP contribution in [0.4, 0.5) is 0 Å². The molecule has 0 saturated heterocycles. The Balaban J connectivity index is 0.000000467. The minimum atomic E-state index is -2.78. The summed E-state index contributed by atoms with van der Waals surface area (Å²) < 4.78 is 26.7. The average molecular weight is 1540 g/mol. The van der Waals surface area contributed by atoms with Gasteiger partial charge in [0.2, 0.25) is 11.8 Å². The first kappa shape index (κ1) is 96.4. The third-order valence-electron chi connectivity index (χ3n) is 22.2. The van der Waals surface area contributed by atoms with Crippen LogP contribution in [0.15, 0.2) is 146 Å². The summed E-state index contributed by atoms with van der Waals surface area (Å²) in [6.07, 6.45) is 45.0. The maximum absolute atomic E-state index is 13.7. The van der Waals surface area contributed by atoms with Gasteiger partial charge >= 0.3 is 0 Å². The number of aliphatic hydroxyl groups is 1. The predicted octanol–water partition coefficient (Wildman–Crippen LogP) is 21.8. The van der Waals surface area contributed by atoms with Crippen LogP contribution in [0.5, 0.6) is 5.75 Å². The second kappa shape index (κ2) is 58.0. The molecular formula is C96H160N4O7Si2. The van der Waals surface area contributed by atoms with E-state index in [4.69, 9.17) is 18.3 Å². The molecule has 0 aliphatic rings. The van der Waals surface area contributed by atoms with Gasteiger partial charge in [-0.15, -0.1) is 0 Å². The minimum Gasteiger partial charge on any atom is -0.497 e. The molecule has 0 aliphatic heterocycles. The summed E-state index contributed by atoms with van der Waals surface area (Å²) in [5.41, 5.74) is 1.16. The Kier molecular flexibility index (Phi) is 51.3. The molecule has 0 bridgehead atoms. The summed E-state index contributed by atoms with van der Waals surface area (Å²) in [5.74, 6) is 1.12. The molecule has 0 radical (unpaired) electrons. The minimum absolute atomic E-state index is 0.123. The van der Waals surface area contributed by atoms with E-state index in [2.05, 4.69) is 237 Å². The zero-order valence-electron chi connectivity index (χ0n) is 71.8. The molecule has 2 amide bonds. The quantitative estimate of drug-likeness (QED) is 0.0258. The van der Waals surface area contributed by atoms with Crippen LogP contribution >= 0.6 is 0 Å². The van der Waals surface area contributed by atoms with Crippen LogP contribution in [0.25, 0.3) is 0 Å². The van der Waals surface area contributed by atoms with Crippen molar-refractivity contribution in [3.8, 4) is 5.75 Å². The van der Waals surface area contributed by atoms with Gasteiger partial charge in [-0.3, -0.25) is 9.59 Å². The molecule has 13 heteroatoms. The molecule has 0 unspecified atom stereocenters. The Morgan fingerprint density at radius 1 is 0.394 bits per heavy atom. The Hall–Kier alpha value is -4.97. The average Bonchev–Trinajstić information content (AvgIpc) is 0.755. The molecular weight excluding hydrogens is 1380 g/mol. The normalized spacial score (nSPS) is 13.2. The van der Waals surface area contributed by atoms with Gasteiger partial charge in [0.15, 0.2) is 0 Å². The van der Waals surface area contributed by atoms with Gasteiger partial charge in [-0.25, -0.2) is 0 Å². The molecule has 5 rings (SSSR count). The van der Waals surface area contributed by atoms with Crippen LogP contribution in [0, 0.1) is 0 Å². The summed E-state index contributed by atoms with van der Waals surface area (Å²) in [4.78, 5) is 31.7. The van der Waals surface area contributed by atoms with Gasteiger partial charge in [-0.2, -0.15) is 0 Å². The highest BCUT2D eigenvalue weighted by Gasteiger charge is 2.52. The van der Waals surface area contributed by atoms with Crippen molar-refractivity contribution in [3.63, 3.8) is 0 Å². The zero-order chi connectivity index (χ0) is 79.1. The fourth-order valence-electron chi connectivity index (χ4n) is 15.8. The van der Waals surface area contributed by atoms with Gasteiger partial charge in [0.05, 0.1) is 51.2 Å². The molecule has 0 saturated carbocycles. The topological polar surface area (TPSA) is 122 Å². The van der Waals surface area contributed by atoms with Gasteiger partial charge in [0.1, 0.15) is 5.75 Å². The number of methoxy groups -OCH3 is 1. The van der Waals surface area contributed by atoms with Crippen LogP contribution in [0.1, 0.15) is 319 Å². The SMILES string of the molecule is CCCCCCCCCCCCCC(=O)N[C@@H](CO[Si](c1ccccc1)(c1ccccc1)C(C)(C)C)CN(C)CC[C@@H](CCCCCCC)OCc1ccc(OC)cc1.CCCCCCCCCCCCCC(=O)N[C@@H](CO[Si](c1ccccc1)(c1ccccc1)C(C)(C)C)CN(C)CC[C@H](O)CCCCCCC. The lowest BCUT2D eigenvalue weighted by Gasteiger charge is -2.44. The molecule has 0 heterocycles. The van der Waals surface area contributed by atoms with Gasteiger partial charge in [-0.05, 0) is 101 Å². The second-order valence-corrected chi connectivity index (χ2v) is 42.6. The number of amides is 2. The molecule has 5 aromatic rings. The van der Waals surface area contributed by atoms with Crippen molar-refractivity contribution in [2.45, 2.75) is 354 Å². The van der Waals surface area contributed by atoms with Crippen molar-refractivity contribution in [1.29, 1.82) is 0 Å². The Morgan fingerprint density at radius 2 is 0.697 bits per heavy atom. The second-order valence-electron chi connectivity index (χ2n) is 34.0. The van der Waals surface area contributed by atoms with E-state index in [1.165, 1.54) is 194 Å². The lowest BCUT2D eigenvalue weighted by molar-refractivity contribution is -0.123. The largest absolute Gasteiger partial charge is 0.497 e. The number of benzene rings is 5. The molecule has 0 aromatic heterocycles. The summed E-state index contributed by atoms with van der Waals surface area (Å²) in [5, 5.41) is 22.3. The van der Waals surface area contributed by atoms with Gasteiger partial charge < -0.3 is 43.9 Å². The fraction of sp³-hybridized carbons (Fsp3) is 0.667. The molecule has 0 spiro atoms. The van der Waals surface area contributed by atoms with Crippen molar-refractivity contribution < 1.29 is 33.0 Å². The number of rotatable bonds is 62. The van der Waals surface area contributed by atoms with Crippen molar-refractivity contribution in [1.82, 2.24) is 20.4 Å². The lowest BCUT2D eigenvalue weighted by Crippen LogP contribution is -2.67. The van der Waals surface area contributed by atoms with Crippen LogP contribution in [0.3, 0.4) is 0 Å². The third kappa shape index (κ3) is 39.1. The van der Waals surface area contributed by atoms with E-state index < -0.39 is 16.6 Å². The van der Waals surface area contributed by atoms with Crippen molar-refractivity contribution in [2.24, 2.45) is 0 Å². The predicted molar refractivity (Wildman–Crippen MR) is 472 cm³/mol. The number of unbranched alkanes of at least 4 members (excludes halogenated alkanes) is 28. The number of hydrogen-bond acceptors (Lipinski definition) is 9. The lowest BCUT2D eigenvalue weighted by atomic mass is 10.1. The van der Waals surface area contributed by atoms with E-state index in [9.17, 15) is 14.7 Å². The van der Waals surface area contributed by atoms with E-state index in [0.717, 1.165) is 82.2 Å². The maximum Gasteiger partial charge on any atom is 0.261 e. The molecule has 614 valence electrons. The van der Waals surface area contributed by atoms with Gasteiger partial charge in [0.25, 0.3) is 16.6 Å². The first-order chi connectivity index (χ1) is 52.8. The van der Waals surface area contributed by atoms with Crippen LogP contribution in [0.2, 0.25) is 10.1 Å². The molecule has 0 aliphatic carbocycles. The van der Waals surface area contributed by atoms with E-state index in [1.807, 2.05) is 12.1 Å². The molecule has 11 nitrogen and oxygen atoms in total. The van der Waals surface area contributed by atoms with E-state index in [0.29, 0.717) is 45.8 Å². The summed E-state index contributed by atoms with van der Waals surface area (Å²) >= 11 is 0. The molecule has 109 heavy (non-hydrogen) atoms. The van der Waals surface area contributed by atoms with Gasteiger partial charge in [0, 0.05) is 39.0 Å². The number of likely N-dealkylation sites (N-methyl/N-ethyl adjacent to an activating group) is 2. The number of hydrogen-bond donors (Lipinski definition) is 3. The summed E-state index contributed by atoms with van der Waals surface area (Å²) in [7, 11) is 0.479. The number of carbonyl (C=O) groups excluding carboxylic acids is 2. The Labute approximate surface area is 670 Å². The highest BCUT2D eigenvalue weighted by Crippen LogP contribution is 2.38. The highest BCUT2D eigenvalue weighted by atomic mass is 28.4. The fourth-order valence-corrected chi connectivity index (χ4v) is 25.0. The molecule has 5 aromatic carbocycles. The van der Waals surface area contributed by atoms with Crippen molar-refractivity contribution in [2.75, 3.05) is 60.6 Å². The number of nitrogens with zero attached hydrogens (tertiary/aromatic N) is 2. The number of ether oxygens (including phenoxy) is 2. The van der Waals surface area contributed by atoms with Crippen LogP contribution in [-0.2, 0) is 29.8 Å². The summed E-state index contributed by atoms with van der Waals surface area (Å²) in [6.45, 7) is 27.5. The third-order valence-corrected chi connectivity index (χ3v) is 32.2. The number of nitrogens with one attached hydrogen (secondary N) is 2. The van der Waals surface area contributed by atoms with Crippen LogP contribution < -0.4 is 36.1 Å².